The number of rotatable bonds is 3. The van der Waals surface area contributed by atoms with E-state index in [1.807, 2.05) is 79.3 Å². The molecule has 6 nitrogen and oxygen atoms in total. The maximum Gasteiger partial charge on any atom is 0.410 e. The van der Waals surface area contributed by atoms with E-state index in [0.717, 1.165) is 57.5 Å². The molecule has 2 aliphatic rings. The van der Waals surface area contributed by atoms with E-state index in [1.54, 1.807) is 12.1 Å². The summed E-state index contributed by atoms with van der Waals surface area (Å²) in [7, 11) is -3.15. The SMILES string of the molecule is CC.CC.CC.CC(C)(C)OC(=O)N1CCC(C2CCN(c3ccc(S(C)(=O)=O)cc3)CC2)CC1. The smallest absolute Gasteiger partial charge is 0.410 e. The highest BCUT2D eigenvalue weighted by Crippen LogP contribution is 2.34. The van der Waals surface area contributed by atoms with Gasteiger partial charge in [0.05, 0.1) is 4.90 Å². The molecule has 2 saturated heterocycles. The zero-order valence-electron chi connectivity index (χ0n) is 24.1. The normalized spacial score (nSPS) is 17.1. The second-order valence-corrected chi connectivity index (χ2v) is 11.4. The van der Waals surface area contributed by atoms with Crippen LogP contribution in [0.1, 0.15) is 88.0 Å². The first-order valence-corrected chi connectivity index (χ1v) is 15.4. The number of likely N-dealkylation sites (tertiary alicyclic amines) is 1. The fraction of sp³-hybridized carbons (Fsp3) is 0.750. The Bertz CT molecular complexity index is 800. The van der Waals surface area contributed by atoms with Crippen molar-refractivity contribution in [3.8, 4) is 0 Å². The molecule has 35 heavy (non-hydrogen) atoms. The van der Waals surface area contributed by atoms with Gasteiger partial charge in [0.2, 0.25) is 0 Å². The van der Waals surface area contributed by atoms with Crippen molar-refractivity contribution in [2.24, 2.45) is 11.8 Å². The van der Waals surface area contributed by atoms with Crippen LogP contribution in [0, 0.1) is 11.8 Å². The third kappa shape index (κ3) is 11.2. The zero-order valence-corrected chi connectivity index (χ0v) is 24.9. The number of amides is 1. The number of ether oxygens (including phenoxy) is 1. The molecule has 0 unspecified atom stereocenters. The lowest BCUT2D eigenvalue weighted by molar-refractivity contribution is 0.0152. The van der Waals surface area contributed by atoms with Crippen LogP contribution in [0.2, 0.25) is 0 Å². The molecule has 0 atom stereocenters. The van der Waals surface area contributed by atoms with E-state index < -0.39 is 15.4 Å². The Morgan fingerprint density at radius 2 is 1.20 bits per heavy atom. The van der Waals surface area contributed by atoms with Gasteiger partial charge in [-0.2, -0.15) is 0 Å². The summed E-state index contributed by atoms with van der Waals surface area (Å²) in [6.07, 6.45) is 5.43. The van der Waals surface area contributed by atoms with Crippen molar-refractivity contribution in [2.45, 2.75) is 98.5 Å². The van der Waals surface area contributed by atoms with Crippen molar-refractivity contribution < 1.29 is 17.9 Å². The van der Waals surface area contributed by atoms with E-state index in [9.17, 15) is 13.2 Å². The summed E-state index contributed by atoms with van der Waals surface area (Å²) in [6.45, 7) is 21.3. The van der Waals surface area contributed by atoms with Crippen molar-refractivity contribution in [1.82, 2.24) is 4.90 Å². The second kappa shape index (κ2) is 16.1. The summed E-state index contributed by atoms with van der Waals surface area (Å²) in [5.74, 6) is 1.37. The molecular formula is C28H52N2O4S. The Morgan fingerprint density at radius 3 is 1.57 bits per heavy atom. The van der Waals surface area contributed by atoms with Gasteiger partial charge in [-0.05, 0) is 82.6 Å². The molecule has 3 rings (SSSR count). The molecule has 2 aliphatic heterocycles. The fourth-order valence-electron chi connectivity index (χ4n) is 4.41. The van der Waals surface area contributed by atoms with Crippen molar-refractivity contribution in [1.29, 1.82) is 0 Å². The molecule has 2 heterocycles. The minimum absolute atomic E-state index is 0.191. The van der Waals surface area contributed by atoms with Crippen LogP contribution in [0.15, 0.2) is 29.2 Å². The van der Waals surface area contributed by atoms with Crippen LogP contribution >= 0.6 is 0 Å². The molecule has 1 aromatic rings. The summed E-state index contributed by atoms with van der Waals surface area (Å²) in [4.78, 5) is 16.8. The monoisotopic (exact) mass is 512 g/mol. The summed E-state index contributed by atoms with van der Waals surface area (Å²) in [5.41, 5.74) is 0.649. The highest BCUT2D eigenvalue weighted by molar-refractivity contribution is 7.90. The Labute approximate surface area is 216 Å². The van der Waals surface area contributed by atoms with Crippen LogP contribution in [-0.4, -0.2) is 57.4 Å². The molecule has 0 N–H and O–H groups in total. The predicted octanol–water partition coefficient (Wildman–Crippen LogP) is 7.03. The van der Waals surface area contributed by atoms with Gasteiger partial charge in [-0.1, -0.05) is 41.5 Å². The second-order valence-electron chi connectivity index (χ2n) is 9.40. The molecular weight excluding hydrogens is 460 g/mol. The van der Waals surface area contributed by atoms with Gasteiger partial charge in [0, 0.05) is 38.1 Å². The van der Waals surface area contributed by atoms with Crippen molar-refractivity contribution >= 4 is 21.6 Å². The summed E-state index contributed by atoms with van der Waals surface area (Å²) >= 11 is 0. The van der Waals surface area contributed by atoms with Gasteiger partial charge < -0.3 is 14.5 Å². The van der Waals surface area contributed by atoms with Gasteiger partial charge in [0.25, 0.3) is 0 Å². The number of hydrogen-bond acceptors (Lipinski definition) is 5. The van der Waals surface area contributed by atoms with E-state index in [0.29, 0.717) is 16.7 Å². The topological polar surface area (TPSA) is 66.9 Å². The Kier molecular flexibility index (Phi) is 15.3. The first-order chi connectivity index (χ1) is 16.5. The van der Waals surface area contributed by atoms with E-state index in [2.05, 4.69) is 4.90 Å². The lowest BCUT2D eigenvalue weighted by Crippen LogP contribution is -2.44. The van der Waals surface area contributed by atoms with Crippen molar-refractivity contribution in [3.05, 3.63) is 24.3 Å². The highest BCUT2D eigenvalue weighted by Gasteiger charge is 2.32. The van der Waals surface area contributed by atoms with Crippen LogP contribution in [0.3, 0.4) is 0 Å². The molecule has 0 aliphatic carbocycles. The van der Waals surface area contributed by atoms with E-state index in [1.165, 1.54) is 6.26 Å². The number of benzene rings is 1. The molecule has 0 bridgehead atoms. The molecule has 204 valence electrons. The van der Waals surface area contributed by atoms with Crippen LogP contribution in [0.25, 0.3) is 0 Å². The first kappa shape index (κ1) is 33.2. The Morgan fingerprint density at radius 1 is 0.800 bits per heavy atom. The number of anilines is 1. The standard InChI is InChI=1S/C22H34N2O4S.3C2H6/c1-22(2,3)28-21(25)24-15-11-18(12-16-24)17-9-13-23(14-10-17)19-5-7-20(8-6-19)29(4,26)27;3*1-2/h5-8,17-18H,9-16H2,1-4H3;3*1-2H3. The zero-order chi connectivity index (χ0) is 27.2. The van der Waals surface area contributed by atoms with Crippen LogP contribution < -0.4 is 4.90 Å². The van der Waals surface area contributed by atoms with Crippen LogP contribution in [-0.2, 0) is 14.6 Å². The minimum Gasteiger partial charge on any atom is -0.444 e. The average molecular weight is 513 g/mol. The number of carbonyl (C=O) groups is 1. The lowest BCUT2D eigenvalue weighted by Gasteiger charge is -2.41. The highest BCUT2D eigenvalue weighted by atomic mass is 32.2. The van der Waals surface area contributed by atoms with Gasteiger partial charge in [-0.15, -0.1) is 0 Å². The number of sulfone groups is 1. The van der Waals surface area contributed by atoms with Crippen molar-refractivity contribution in [3.63, 3.8) is 0 Å². The largest absolute Gasteiger partial charge is 0.444 e. The quantitative estimate of drug-likeness (QED) is 0.435. The van der Waals surface area contributed by atoms with Gasteiger partial charge in [0.15, 0.2) is 9.84 Å². The fourth-order valence-corrected chi connectivity index (χ4v) is 5.04. The molecule has 0 saturated carbocycles. The average Bonchev–Trinajstić information content (AvgIpc) is 2.86. The molecule has 0 aromatic heterocycles. The summed E-state index contributed by atoms with van der Waals surface area (Å²) < 4.78 is 28.7. The summed E-state index contributed by atoms with van der Waals surface area (Å²) in [5, 5.41) is 0. The number of carbonyl (C=O) groups excluding carboxylic acids is 1. The van der Waals surface area contributed by atoms with Gasteiger partial charge in [-0.3, -0.25) is 0 Å². The van der Waals surface area contributed by atoms with E-state index >= 15 is 0 Å². The Balaban J connectivity index is 0.00000179. The molecule has 1 amide bonds. The summed E-state index contributed by atoms with van der Waals surface area (Å²) in [6, 6.07) is 7.22. The number of piperidine rings is 2. The lowest BCUT2D eigenvalue weighted by atomic mass is 9.79. The van der Waals surface area contributed by atoms with E-state index in [4.69, 9.17) is 4.74 Å². The molecule has 1 aromatic carbocycles. The maximum absolute atomic E-state index is 12.2. The van der Waals surface area contributed by atoms with Crippen LogP contribution in [0.5, 0.6) is 0 Å². The third-order valence-corrected chi connectivity index (χ3v) is 7.16. The van der Waals surface area contributed by atoms with Crippen LogP contribution in [0.4, 0.5) is 10.5 Å². The molecule has 7 heteroatoms. The van der Waals surface area contributed by atoms with Gasteiger partial charge >= 0.3 is 6.09 Å². The minimum atomic E-state index is -3.15. The van der Waals surface area contributed by atoms with Crippen molar-refractivity contribution in [2.75, 3.05) is 37.3 Å². The van der Waals surface area contributed by atoms with Gasteiger partial charge in [-0.25, -0.2) is 13.2 Å². The van der Waals surface area contributed by atoms with Gasteiger partial charge in [0.1, 0.15) is 5.60 Å². The first-order valence-electron chi connectivity index (χ1n) is 13.6. The van der Waals surface area contributed by atoms with E-state index in [-0.39, 0.29) is 6.09 Å². The maximum atomic E-state index is 12.2. The predicted molar refractivity (Wildman–Crippen MR) is 149 cm³/mol. The molecule has 0 radical (unpaired) electrons. The third-order valence-electron chi connectivity index (χ3n) is 6.03. The molecule has 0 spiro atoms. The Hall–Kier alpha value is -1.76. The number of nitrogens with zero attached hydrogens (tertiary/aromatic N) is 2. The number of hydrogen-bond donors (Lipinski definition) is 0. The molecule has 2 fully saturated rings.